The van der Waals surface area contributed by atoms with E-state index in [9.17, 15) is 0 Å². The molecule has 0 spiro atoms. The maximum Gasteiger partial charge on any atom is 0.144 e. The first-order chi connectivity index (χ1) is 10.7. The van der Waals surface area contributed by atoms with Gasteiger partial charge in [-0.2, -0.15) is 5.10 Å². The van der Waals surface area contributed by atoms with Crippen LogP contribution in [0.4, 0.5) is 0 Å². The van der Waals surface area contributed by atoms with Crippen molar-refractivity contribution >= 4 is 11.0 Å². The van der Waals surface area contributed by atoms with Crippen molar-refractivity contribution in [1.29, 1.82) is 0 Å². The molecule has 0 aliphatic heterocycles. The summed E-state index contributed by atoms with van der Waals surface area (Å²) in [6, 6.07) is 18.4. The molecule has 4 rings (SSSR count). The first-order valence-corrected chi connectivity index (χ1v) is 7.25. The molecule has 0 radical (unpaired) electrons. The first kappa shape index (κ1) is 12.8. The predicted octanol–water partition coefficient (Wildman–Crippen LogP) is 3.64. The van der Waals surface area contributed by atoms with E-state index < -0.39 is 0 Å². The smallest absolute Gasteiger partial charge is 0.144 e. The van der Waals surface area contributed by atoms with Crippen molar-refractivity contribution in [3.8, 4) is 22.6 Å². The van der Waals surface area contributed by atoms with Crippen molar-refractivity contribution in [3.05, 3.63) is 60.8 Å². The standard InChI is InChI=1S/C18H16N4/c1-21-12-14(17(20-21)13-8-4-3-5-9-13)18-19-15-10-6-7-11-16(15)22(18)2/h3-12H,1-2H3. The number of nitrogens with zero attached hydrogens (tertiary/aromatic N) is 4. The molecule has 22 heavy (non-hydrogen) atoms. The fourth-order valence-corrected chi connectivity index (χ4v) is 2.85. The highest BCUT2D eigenvalue weighted by Crippen LogP contribution is 2.31. The van der Waals surface area contributed by atoms with E-state index in [-0.39, 0.29) is 0 Å². The average molecular weight is 288 g/mol. The fourth-order valence-electron chi connectivity index (χ4n) is 2.85. The minimum Gasteiger partial charge on any atom is -0.327 e. The molecule has 0 unspecified atom stereocenters. The number of hydrogen-bond acceptors (Lipinski definition) is 2. The van der Waals surface area contributed by atoms with Gasteiger partial charge in [0.1, 0.15) is 11.5 Å². The number of aromatic nitrogens is 4. The molecule has 0 saturated carbocycles. The second-order valence-corrected chi connectivity index (χ2v) is 5.41. The van der Waals surface area contributed by atoms with Gasteiger partial charge >= 0.3 is 0 Å². The van der Waals surface area contributed by atoms with Crippen LogP contribution in [-0.2, 0) is 14.1 Å². The summed E-state index contributed by atoms with van der Waals surface area (Å²) in [6.45, 7) is 0. The van der Waals surface area contributed by atoms with Gasteiger partial charge in [0.2, 0.25) is 0 Å². The molecule has 0 bridgehead atoms. The van der Waals surface area contributed by atoms with Crippen LogP contribution in [-0.4, -0.2) is 19.3 Å². The van der Waals surface area contributed by atoms with Crippen molar-refractivity contribution in [1.82, 2.24) is 19.3 Å². The molecule has 0 aliphatic rings. The van der Waals surface area contributed by atoms with Crippen molar-refractivity contribution in [3.63, 3.8) is 0 Å². The van der Waals surface area contributed by atoms with Gasteiger partial charge in [0, 0.05) is 25.9 Å². The maximum absolute atomic E-state index is 4.79. The zero-order valence-corrected chi connectivity index (χ0v) is 12.6. The largest absolute Gasteiger partial charge is 0.327 e. The Hall–Kier alpha value is -2.88. The lowest BCUT2D eigenvalue weighted by Crippen LogP contribution is -1.93. The highest BCUT2D eigenvalue weighted by molar-refractivity contribution is 5.84. The lowest BCUT2D eigenvalue weighted by atomic mass is 10.1. The number of imidazole rings is 1. The second kappa shape index (κ2) is 4.84. The molecule has 0 aliphatic carbocycles. The molecule has 4 nitrogen and oxygen atoms in total. The van der Waals surface area contributed by atoms with Gasteiger partial charge in [-0.25, -0.2) is 4.98 Å². The van der Waals surface area contributed by atoms with E-state index in [0.29, 0.717) is 0 Å². The van der Waals surface area contributed by atoms with Gasteiger partial charge in [0.15, 0.2) is 0 Å². The lowest BCUT2D eigenvalue weighted by Gasteiger charge is -2.03. The number of rotatable bonds is 2. The van der Waals surface area contributed by atoms with Gasteiger partial charge in [0.05, 0.1) is 16.6 Å². The number of hydrogen-bond donors (Lipinski definition) is 0. The molecule has 0 fully saturated rings. The lowest BCUT2D eigenvalue weighted by molar-refractivity contribution is 0.771. The van der Waals surface area contributed by atoms with Crippen LogP contribution >= 0.6 is 0 Å². The molecular formula is C18H16N4. The van der Waals surface area contributed by atoms with Gasteiger partial charge in [-0.3, -0.25) is 4.68 Å². The van der Waals surface area contributed by atoms with Crippen LogP contribution in [0.15, 0.2) is 60.8 Å². The number of fused-ring (bicyclic) bond motifs is 1. The van der Waals surface area contributed by atoms with Gasteiger partial charge in [0.25, 0.3) is 0 Å². The minimum absolute atomic E-state index is 0.938. The third-order valence-electron chi connectivity index (χ3n) is 3.90. The van der Waals surface area contributed by atoms with E-state index in [0.717, 1.165) is 33.7 Å². The van der Waals surface area contributed by atoms with Crippen LogP contribution in [0, 0.1) is 0 Å². The summed E-state index contributed by atoms with van der Waals surface area (Å²) in [5, 5.41) is 4.63. The third-order valence-corrected chi connectivity index (χ3v) is 3.90. The zero-order chi connectivity index (χ0) is 15.1. The van der Waals surface area contributed by atoms with Crippen LogP contribution in [0.5, 0.6) is 0 Å². The third kappa shape index (κ3) is 1.92. The Morgan fingerprint density at radius 2 is 1.59 bits per heavy atom. The quantitative estimate of drug-likeness (QED) is 0.564. The molecular weight excluding hydrogens is 272 g/mol. The van der Waals surface area contributed by atoms with E-state index in [1.54, 1.807) is 0 Å². The summed E-state index contributed by atoms with van der Waals surface area (Å²) in [4.78, 5) is 4.79. The molecule has 2 heterocycles. The molecule has 0 atom stereocenters. The predicted molar refractivity (Wildman–Crippen MR) is 88.4 cm³/mol. The Morgan fingerprint density at radius 3 is 2.36 bits per heavy atom. The van der Waals surface area contributed by atoms with Crippen molar-refractivity contribution in [2.75, 3.05) is 0 Å². The Morgan fingerprint density at radius 1 is 0.864 bits per heavy atom. The summed E-state index contributed by atoms with van der Waals surface area (Å²) in [7, 11) is 3.99. The molecule has 2 aromatic carbocycles. The molecule has 0 saturated heterocycles. The van der Waals surface area contributed by atoms with Crippen LogP contribution < -0.4 is 0 Å². The topological polar surface area (TPSA) is 35.6 Å². The molecule has 108 valence electrons. The van der Waals surface area contributed by atoms with Crippen LogP contribution in [0.3, 0.4) is 0 Å². The van der Waals surface area contributed by atoms with Gasteiger partial charge in [-0.1, -0.05) is 42.5 Å². The fraction of sp³-hybridized carbons (Fsp3) is 0.111. The van der Waals surface area contributed by atoms with E-state index >= 15 is 0 Å². The number of para-hydroxylation sites is 2. The Balaban J connectivity index is 1.98. The molecule has 4 aromatic rings. The van der Waals surface area contributed by atoms with E-state index in [4.69, 9.17) is 4.98 Å². The van der Waals surface area contributed by atoms with Gasteiger partial charge < -0.3 is 4.57 Å². The summed E-state index contributed by atoms with van der Waals surface area (Å²) in [6.07, 6.45) is 2.03. The molecule has 0 N–H and O–H groups in total. The molecule has 2 aromatic heterocycles. The summed E-state index contributed by atoms with van der Waals surface area (Å²) in [5.74, 6) is 0.938. The Bertz CT molecular complexity index is 948. The average Bonchev–Trinajstić information content (AvgIpc) is 3.09. The van der Waals surface area contributed by atoms with E-state index in [1.807, 2.05) is 61.4 Å². The molecule has 0 amide bonds. The van der Waals surface area contributed by atoms with Crippen LogP contribution in [0.2, 0.25) is 0 Å². The van der Waals surface area contributed by atoms with Gasteiger partial charge in [-0.05, 0) is 12.1 Å². The highest BCUT2D eigenvalue weighted by Gasteiger charge is 2.17. The normalized spacial score (nSPS) is 11.2. The van der Waals surface area contributed by atoms with E-state index in [2.05, 4.69) is 27.9 Å². The zero-order valence-electron chi connectivity index (χ0n) is 12.6. The van der Waals surface area contributed by atoms with E-state index in [1.165, 1.54) is 0 Å². The summed E-state index contributed by atoms with van der Waals surface area (Å²) in [5.41, 5.74) is 5.24. The minimum atomic E-state index is 0.938. The van der Waals surface area contributed by atoms with Crippen LogP contribution in [0.25, 0.3) is 33.7 Å². The maximum atomic E-state index is 4.79. The van der Waals surface area contributed by atoms with Crippen molar-refractivity contribution in [2.45, 2.75) is 0 Å². The van der Waals surface area contributed by atoms with Crippen molar-refractivity contribution in [2.24, 2.45) is 14.1 Å². The summed E-state index contributed by atoms with van der Waals surface area (Å²) < 4.78 is 3.97. The Kier molecular flexibility index (Phi) is 2.82. The number of aryl methyl sites for hydroxylation is 2. The summed E-state index contributed by atoms with van der Waals surface area (Å²) >= 11 is 0. The SMILES string of the molecule is Cn1cc(-c2nc3ccccc3n2C)c(-c2ccccc2)n1. The monoisotopic (exact) mass is 288 g/mol. The molecule has 4 heteroatoms. The Labute approximate surface area is 128 Å². The highest BCUT2D eigenvalue weighted by atomic mass is 15.3. The number of benzene rings is 2. The van der Waals surface area contributed by atoms with Crippen molar-refractivity contribution < 1.29 is 0 Å². The van der Waals surface area contributed by atoms with Gasteiger partial charge in [-0.15, -0.1) is 0 Å². The van der Waals surface area contributed by atoms with Crippen LogP contribution in [0.1, 0.15) is 0 Å². The second-order valence-electron chi connectivity index (χ2n) is 5.41. The first-order valence-electron chi connectivity index (χ1n) is 7.25.